The highest BCUT2D eigenvalue weighted by atomic mass is 16.5. The summed E-state index contributed by atoms with van der Waals surface area (Å²) in [5, 5.41) is 15.5. The number of ether oxygens (including phenoxy) is 1. The van der Waals surface area contributed by atoms with Crippen LogP contribution in [0.25, 0.3) is 0 Å². The predicted molar refractivity (Wildman–Crippen MR) is 69.5 cm³/mol. The maximum absolute atomic E-state index is 5.54. The third kappa shape index (κ3) is 2.50. The molecule has 1 N–H and O–H groups in total. The smallest absolute Gasteiger partial charge is 0.173 e. The van der Waals surface area contributed by atoms with Crippen LogP contribution >= 0.6 is 0 Å². The first-order valence-electron chi connectivity index (χ1n) is 6.41. The molecular weight excluding hydrogens is 242 g/mol. The minimum atomic E-state index is -0.323. The third-order valence-electron chi connectivity index (χ3n) is 3.35. The van der Waals surface area contributed by atoms with E-state index >= 15 is 0 Å². The monoisotopic (exact) mass is 259 g/mol. The van der Waals surface area contributed by atoms with E-state index in [0.29, 0.717) is 13.2 Å². The zero-order valence-corrected chi connectivity index (χ0v) is 10.9. The average molecular weight is 259 g/mol. The van der Waals surface area contributed by atoms with Crippen molar-refractivity contribution in [1.82, 2.24) is 25.5 Å². The molecule has 1 aromatic carbocycles. The van der Waals surface area contributed by atoms with Crippen molar-refractivity contribution in [3.8, 4) is 0 Å². The zero-order valence-electron chi connectivity index (χ0n) is 10.9. The lowest BCUT2D eigenvalue weighted by Gasteiger charge is -2.33. The fourth-order valence-electron chi connectivity index (χ4n) is 2.33. The second kappa shape index (κ2) is 5.07. The van der Waals surface area contributed by atoms with E-state index in [1.807, 2.05) is 22.9 Å². The molecule has 1 unspecified atom stereocenters. The highest BCUT2D eigenvalue weighted by Gasteiger charge is 2.34. The van der Waals surface area contributed by atoms with Gasteiger partial charge >= 0.3 is 0 Å². The van der Waals surface area contributed by atoms with E-state index < -0.39 is 0 Å². The quantitative estimate of drug-likeness (QED) is 0.872. The number of rotatable bonds is 3. The Balaban J connectivity index is 1.86. The van der Waals surface area contributed by atoms with Crippen LogP contribution in [-0.4, -0.2) is 40.0 Å². The Bertz CT molecular complexity index is 533. The summed E-state index contributed by atoms with van der Waals surface area (Å²) < 4.78 is 7.37. The van der Waals surface area contributed by atoms with E-state index in [-0.39, 0.29) is 5.54 Å². The molecule has 0 radical (unpaired) electrons. The van der Waals surface area contributed by atoms with E-state index in [2.05, 4.69) is 39.9 Å². The summed E-state index contributed by atoms with van der Waals surface area (Å²) in [6.45, 7) is 4.87. The van der Waals surface area contributed by atoms with Crippen LogP contribution in [0.2, 0.25) is 0 Å². The van der Waals surface area contributed by atoms with Gasteiger partial charge in [0, 0.05) is 6.54 Å². The number of morpholine rings is 1. The predicted octanol–water partition coefficient (Wildman–Crippen LogP) is 0.556. The Morgan fingerprint density at radius 1 is 1.37 bits per heavy atom. The summed E-state index contributed by atoms with van der Waals surface area (Å²) in [6, 6.07) is 10.2. The Kier molecular flexibility index (Phi) is 3.27. The van der Waals surface area contributed by atoms with Gasteiger partial charge in [0.05, 0.1) is 19.8 Å². The summed E-state index contributed by atoms with van der Waals surface area (Å²) in [5.74, 6) is 0.816. The summed E-state index contributed by atoms with van der Waals surface area (Å²) in [5.41, 5.74) is 0.854. The fraction of sp³-hybridized carbons (Fsp3) is 0.462. The highest BCUT2D eigenvalue weighted by molar-refractivity contribution is 5.16. The van der Waals surface area contributed by atoms with Gasteiger partial charge in [-0.2, -0.15) is 0 Å². The van der Waals surface area contributed by atoms with E-state index in [1.54, 1.807) is 0 Å². The second-order valence-electron chi connectivity index (χ2n) is 4.96. The molecule has 6 heteroatoms. The first-order chi connectivity index (χ1) is 9.28. The molecule has 2 aromatic rings. The van der Waals surface area contributed by atoms with Gasteiger partial charge in [0.25, 0.3) is 0 Å². The van der Waals surface area contributed by atoms with Crippen molar-refractivity contribution >= 4 is 0 Å². The van der Waals surface area contributed by atoms with Gasteiger partial charge in [-0.05, 0) is 22.9 Å². The largest absolute Gasteiger partial charge is 0.378 e. The van der Waals surface area contributed by atoms with Gasteiger partial charge in [-0.1, -0.05) is 30.3 Å². The molecule has 1 saturated heterocycles. The molecule has 2 heterocycles. The minimum Gasteiger partial charge on any atom is -0.378 e. The molecule has 100 valence electrons. The normalized spacial score (nSPS) is 23.4. The van der Waals surface area contributed by atoms with Crippen LogP contribution in [0.4, 0.5) is 0 Å². The Hall–Kier alpha value is -1.79. The van der Waals surface area contributed by atoms with Gasteiger partial charge < -0.3 is 10.1 Å². The van der Waals surface area contributed by atoms with Crippen LogP contribution < -0.4 is 5.32 Å². The van der Waals surface area contributed by atoms with E-state index in [9.17, 15) is 0 Å². The molecule has 1 aliphatic rings. The molecular formula is C13H17N5O. The topological polar surface area (TPSA) is 64.9 Å². The Labute approximate surface area is 111 Å². The molecule has 1 aliphatic heterocycles. The number of nitrogens with one attached hydrogen (secondary N) is 1. The maximum Gasteiger partial charge on any atom is 0.173 e. The Morgan fingerprint density at radius 2 is 2.21 bits per heavy atom. The van der Waals surface area contributed by atoms with Crippen molar-refractivity contribution in [2.75, 3.05) is 19.8 Å². The van der Waals surface area contributed by atoms with Crippen LogP contribution in [0.15, 0.2) is 30.3 Å². The number of hydrogen-bond acceptors (Lipinski definition) is 5. The van der Waals surface area contributed by atoms with Gasteiger partial charge in [-0.25, -0.2) is 4.68 Å². The zero-order chi connectivity index (χ0) is 13.1. The molecule has 0 amide bonds. The highest BCUT2D eigenvalue weighted by Crippen LogP contribution is 2.21. The van der Waals surface area contributed by atoms with Crippen LogP contribution in [0.5, 0.6) is 0 Å². The summed E-state index contributed by atoms with van der Waals surface area (Å²) in [6.07, 6.45) is 0. The summed E-state index contributed by atoms with van der Waals surface area (Å²) >= 11 is 0. The van der Waals surface area contributed by atoms with Crippen LogP contribution in [0.3, 0.4) is 0 Å². The van der Waals surface area contributed by atoms with Gasteiger partial charge in [0.1, 0.15) is 5.54 Å². The second-order valence-corrected chi connectivity index (χ2v) is 4.96. The molecule has 19 heavy (non-hydrogen) atoms. The van der Waals surface area contributed by atoms with Crippen LogP contribution in [-0.2, 0) is 16.8 Å². The molecule has 0 saturated carbocycles. The first kappa shape index (κ1) is 12.3. The minimum absolute atomic E-state index is 0.323. The lowest BCUT2D eigenvalue weighted by molar-refractivity contribution is 0.0280. The van der Waals surface area contributed by atoms with Gasteiger partial charge in [-0.15, -0.1) is 5.10 Å². The van der Waals surface area contributed by atoms with Crippen LogP contribution in [0.1, 0.15) is 18.3 Å². The number of nitrogens with zero attached hydrogens (tertiary/aromatic N) is 4. The van der Waals surface area contributed by atoms with E-state index in [4.69, 9.17) is 4.74 Å². The lowest BCUT2D eigenvalue weighted by Crippen LogP contribution is -2.51. The van der Waals surface area contributed by atoms with Crippen LogP contribution in [0, 0.1) is 0 Å². The molecule has 0 bridgehead atoms. The SMILES string of the molecule is CC1(c2nnnn2Cc2ccccc2)COCCN1. The number of benzene rings is 1. The molecule has 0 spiro atoms. The van der Waals surface area contributed by atoms with Crippen molar-refractivity contribution in [1.29, 1.82) is 0 Å². The molecule has 6 nitrogen and oxygen atoms in total. The van der Waals surface area contributed by atoms with Crippen molar-refractivity contribution < 1.29 is 4.74 Å². The molecule has 1 aromatic heterocycles. The standard InChI is InChI=1S/C13H17N5O/c1-13(10-19-8-7-14-13)12-15-16-17-18(12)9-11-5-3-2-4-6-11/h2-6,14H,7-10H2,1H3. The molecule has 1 atom stereocenters. The number of hydrogen-bond donors (Lipinski definition) is 1. The van der Waals surface area contributed by atoms with Crippen molar-refractivity contribution in [2.24, 2.45) is 0 Å². The van der Waals surface area contributed by atoms with Crippen molar-refractivity contribution in [3.05, 3.63) is 41.7 Å². The maximum atomic E-state index is 5.54. The van der Waals surface area contributed by atoms with Crippen molar-refractivity contribution in [3.63, 3.8) is 0 Å². The van der Waals surface area contributed by atoms with Gasteiger partial charge in [-0.3, -0.25) is 0 Å². The molecule has 0 aliphatic carbocycles. The number of tetrazole rings is 1. The first-order valence-corrected chi connectivity index (χ1v) is 6.41. The number of aromatic nitrogens is 4. The van der Waals surface area contributed by atoms with E-state index in [1.165, 1.54) is 5.56 Å². The fourth-order valence-corrected chi connectivity index (χ4v) is 2.33. The molecule has 1 fully saturated rings. The lowest BCUT2D eigenvalue weighted by atomic mass is 10.0. The van der Waals surface area contributed by atoms with Gasteiger partial charge in [0.2, 0.25) is 0 Å². The molecule has 3 rings (SSSR count). The third-order valence-corrected chi connectivity index (χ3v) is 3.35. The Morgan fingerprint density at radius 3 is 2.95 bits per heavy atom. The van der Waals surface area contributed by atoms with Crippen molar-refractivity contribution in [2.45, 2.75) is 19.0 Å². The summed E-state index contributed by atoms with van der Waals surface area (Å²) in [7, 11) is 0. The van der Waals surface area contributed by atoms with Gasteiger partial charge in [0.15, 0.2) is 5.82 Å². The van der Waals surface area contributed by atoms with E-state index in [0.717, 1.165) is 19.0 Å². The average Bonchev–Trinajstić information content (AvgIpc) is 2.90. The summed E-state index contributed by atoms with van der Waals surface area (Å²) in [4.78, 5) is 0.